The third-order valence-corrected chi connectivity index (χ3v) is 5.13. The van der Waals surface area contributed by atoms with Gasteiger partial charge in [0.05, 0.1) is 19.5 Å². The summed E-state index contributed by atoms with van der Waals surface area (Å²) in [6.45, 7) is -0.794. The fourth-order valence-electron chi connectivity index (χ4n) is 3.90. The molecule has 5 nitrogen and oxygen atoms in total. The summed E-state index contributed by atoms with van der Waals surface area (Å²) in [6, 6.07) is 14.0. The van der Waals surface area contributed by atoms with Gasteiger partial charge in [0.1, 0.15) is 6.17 Å². The third-order valence-electron chi connectivity index (χ3n) is 5.13. The zero-order valence-electron chi connectivity index (χ0n) is 14.5. The molecular formula is C20H19F2N3O2. The second kappa shape index (κ2) is 6.64. The Bertz CT molecular complexity index is 901. The molecule has 1 saturated heterocycles. The van der Waals surface area contributed by atoms with Crippen LogP contribution in [0.25, 0.3) is 11.1 Å². The van der Waals surface area contributed by atoms with E-state index in [2.05, 4.69) is 22.8 Å². The molecule has 2 aromatic rings. The maximum Gasteiger partial charge on any atom is 0.269 e. The van der Waals surface area contributed by atoms with E-state index in [0.29, 0.717) is 6.41 Å². The Kier molecular flexibility index (Phi) is 4.30. The van der Waals surface area contributed by atoms with Gasteiger partial charge in [0.15, 0.2) is 0 Å². The minimum atomic E-state index is -2.99. The molecule has 140 valence electrons. The Labute approximate surface area is 155 Å². The number of carbonyl (C=O) groups excluding carboxylic acids is 2. The molecule has 1 atom stereocenters. The van der Waals surface area contributed by atoms with E-state index >= 15 is 0 Å². The zero-order valence-corrected chi connectivity index (χ0v) is 14.5. The Morgan fingerprint density at radius 1 is 1.19 bits per heavy atom. The monoisotopic (exact) mass is 371 g/mol. The lowest BCUT2D eigenvalue weighted by Gasteiger charge is -2.23. The Hall–Kier alpha value is -2.96. The summed E-state index contributed by atoms with van der Waals surface area (Å²) >= 11 is 0. The Morgan fingerprint density at radius 3 is 2.78 bits per heavy atom. The average Bonchev–Trinajstić information content (AvgIpc) is 3.17. The van der Waals surface area contributed by atoms with Crippen LogP contribution in [0.2, 0.25) is 0 Å². The van der Waals surface area contributed by atoms with Crippen LogP contribution in [0.15, 0.2) is 42.5 Å². The quantitative estimate of drug-likeness (QED) is 0.678. The number of hydrogen-bond acceptors (Lipinski definition) is 3. The van der Waals surface area contributed by atoms with Crippen molar-refractivity contribution in [1.29, 1.82) is 0 Å². The molecule has 7 heteroatoms. The number of amides is 2. The number of anilines is 1. The topological polar surface area (TPSA) is 61.4 Å². The normalized spacial score (nSPS) is 19.3. The number of carbonyl (C=O) groups is 2. The molecule has 1 fully saturated rings. The van der Waals surface area contributed by atoms with Crippen molar-refractivity contribution in [3.05, 3.63) is 53.6 Å². The van der Waals surface area contributed by atoms with Gasteiger partial charge in [-0.1, -0.05) is 36.4 Å². The van der Waals surface area contributed by atoms with Gasteiger partial charge >= 0.3 is 0 Å². The van der Waals surface area contributed by atoms with E-state index in [4.69, 9.17) is 0 Å². The summed E-state index contributed by atoms with van der Waals surface area (Å²) < 4.78 is 27.3. The molecule has 0 aromatic heterocycles. The maximum atomic E-state index is 13.7. The van der Waals surface area contributed by atoms with Gasteiger partial charge in [0.25, 0.3) is 5.92 Å². The summed E-state index contributed by atoms with van der Waals surface area (Å²) in [6.07, 6.45) is -0.424. The molecule has 1 aliphatic heterocycles. The smallest absolute Gasteiger partial charge is 0.269 e. The maximum absolute atomic E-state index is 13.7. The lowest BCUT2D eigenvalue weighted by Crippen LogP contribution is -2.46. The van der Waals surface area contributed by atoms with Crippen LogP contribution in [0.1, 0.15) is 17.5 Å². The number of likely N-dealkylation sites (tertiary alicyclic amines) is 1. The second-order valence-electron chi connectivity index (χ2n) is 6.90. The first-order valence-electron chi connectivity index (χ1n) is 8.79. The number of alkyl halides is 2. The molecule has 2 aromatic carbocycles. The van der Waals surface area contributed by atoms with E-state index in [9.17, 15) is 18.4 Å². The van der Waals surface area contributed by atoms with Crippen molar-refractivity contribution in [3.8, 4) is 11.1 Å². The van der Waals surface area contributed by atoms with Gasteiger partial charge in [-0.15, -0.1) is 0 Å². The Morgan fingerprint density at radius 2 is 1.96 bits per heavy atom. The molecule has 4 rings (SSSR count). The van der Waals surface area contributed by atoms with E-state index in [0.717, 1.165) is 28.1 Å². The molecule has 0 unspecified atom stereocenters. The van der Waals surface area contributed by atoms with Crippen molar-refractivity contribution in [2.75, 3.05) is 18.4 Å². The van der Waals surface area contributed by atoms with E-state index < -0.39 is 31.0 Å². The molecule has 2 amide bonds. The van der Waals surface area contributed by atoms with Gasteiger partial charge in [-0.3, -0.25) is 9.59 Å². The van der Waals surface area contributed by atoms with Gasteiger partial charge < -0.3 is 15.5 Å². The molecule has 2 aliphatic rings. The highest BCUT2D eigenvalue weighted by Gasteiger charge is 2.46. The van der Waals surface area contributed by atoms with Crippen molar-refractivity contribution in [3.63, 3.8) is 0 Å². The number of halogens is 2. The first-order valence-corrected chi connectivity index (χ1v) is 8.79. The first-order chi connectivity index (χ1) is 13.0. The van der Waals surface area contributed by atoms with E-state index in [-0.39, 0.29) is 6.54 Å². The van der Waals surface area contributed by atoms with Crippen molar-refractivity contribution >= 4 is 18.0 Å². The van der Waals surface area contributed by atoms with Gasteiger partial charge in [-0.05, 0) is 28.3 Å². The number of nitrogens with zero attached hydrogens (tertiary/aromatic N) is 1. The van der Waals surface area contributed by atoms with Crippen molar-refractivity contribution in [2.45, 2.75) is 24.9 Å². The van der Waals surface area contributed by atoms with Crippen LogP contribution in [0.5, 0.6) is 0 Å². The number of fused-ring (bicyclic) bond motifs is 3. The lowest BCUT2D eigenvalue weighted by molar-refractivity contribution is -0.132. The SMILES string of the molecule is O=CN[C@@H]1CC(F)(F)CN1C(=O)CNc1cccc2c1Cc1ccccc1-2. The van der Waals surface area contributed by atoms with Crippen LogP contribution >= 0.6 is 0 Å². The number of nitrogens with one attached hydrogen (secondary N) is 2. The second-order valence-corrected chi connectivity index (χ2v) is 6.90. The predicted octanol–water partition coefficient (Wildman–Crippen LogP) is 2.61. The van der Waals surface area contributed by atoms with Crippen LogP contribution in [0, 0.1) is 0 Å². The van der Waals surface area contributed by atoms with Crippen LogP contribution < -0.4 is 10.6 Å². The summed E-state index contributed by atoms with van der Waals surface area (Å²) in [4.78, 5) is 24.2. The number of hydrogen-bond donors (Lipinski definition) is 2. The first kappa shape index (κ1) is 17.5. The van der Waals surface area contributed by atoms with Crippen molar-refractivity contribution in [1.82, 2.24) is 10.2 Å². The molecule has 2 N–H and O–H groups in total. The summed E-state index contributed by atoms with van der Waals surface area (Å²) in [5.74, 6) is -3.47. The molecule has 0 spiro atoms. The predicted molar refractivity (Wildman–Crippen MR) is 97.4 cm³/mol. The number of benzene rings is 2. The summed E-state index contributed by atoms with van der Waals surface area (Å²) in [5.41, 5.74) is 5.44. The highest BCUT2D eigenvalue weighted by molar-refractivity contribution is 5.85. The number of rotatable bonds is 5. The third kappa shape index (κ3) is 3.25. The van der Waals surface area contributed by atoms with Crippen LogP contribution in [0.3, 0.4) is 0 Å². The molecule has 27 heavy (non-hydrogen) atoms. The fraction of sp³-hybridized carbons (Fsp3) is 0.300. The highest BCUT2D eigenvalue weighted by atomic mass is 19.3. The average molecular weight is 371 g/mol. The fourth-order valence-corrected chi connectivity index (χ4v) is 3.90. The van der Waals surface area contributed by atoms with Gasteiger partial charge in [-0.2, -0.15) is 0 Å². The van der Waals surface area contributed by atoms with Crippen LogP contribution in [-0.2, 0) is 16.0 Å². The lowest BCUT2D eigenvalue weighted by atomic mass is 10.1. The molecule has 0 saturated carbocycles. The van der Waals surface area contributed by atoms with Gasteiger partial charge in [0, 0.05) is 12.1 Å². The van der Waals surface area contributed by atoms with E-state index in [1.54, 1.807) is 0 Å². The van der Waals surface area contributed by atoms with Crippen LogP contribution in [0.4, 0.5) is 14.5 Å². The van der Waals surface area contributed by atoms with Crippen molar-refractivity contribution in [2.24, 2.45) is 0 Å². The van der Waals surface area contributed by atoms with Gasteiger partial charge in [-0.25, -0.2) is 8.78 Å². The summed E-state index contributed by atoms with van der Waals surface area (Å²) in [5, 5.41) is 5.39. The molecular weight excluding hydrogens is 352 g/mol. The summed E-state index contributed by atoms with van der Waals surface area (Å²) in [7, 11) is 0. The zero-order chi connectivity index (χ0) is 19.0. The molecule has 1 heterocycles. The Balaban J connectivity index is 1.49. The standard InChI is InChI=1S/C20H19F2N3O2/c21-20(22)9-18(24-12-26)25(11-20)19(27)10-23-17-7-3-6-15-14-5-2-1-4-13(14)8-16(15)17/h1-7,12,18,23H,8-11H2,(H,24,26)/t18-/m0/s1. The molecule has 0 radical (unpaired) electrons. The minimum Gasteiger partial charge on any atom is -0.376 e. The molecule has 1 aliphatic carbocycles. The molecule has 0 bridgehead atoms. The van der Waals surface area contributed by atoms with Gasteiger partial charge in [0.2, 0.25) is 12.3 Å². The largest absolute Gasteiger partial charge is 0.376 e. The van der Waals surface area contributed by atoms with E-state index in [1.165, 1.54) is 11.1 Å². The van der Waals surface area contributed by atoms with Crippen molar-refractivity contribution < 1.29 is 18.4 Å². The minimum absolute atomic E-state index is 0.111. The highest BCUT2D eigenvalue weighted by Crippen LogP contribution is 2.40. The van der Waals surface area contributed by atoms with E-state index in [1.807, 2.05) is 30.3 Å². The van der Waals surface area contributed by atoms with Crippen LogP contribution in [-0.4, -0.2) is 42.4 Å².